The van der Waals surface area contributed by atoms with E-state index in [2.05, 4.69) is 10.3 Å². The molecule has 3 rings (SSSR count). The Morgan fingerprint density at radius 1 is 0.958 bits per heavy atom. The van der Waals surface area contributed by atoms with Crippen LogP contribution in [-0.4, -0.2) is 24.3 Å². The van der Waals surface area contributed by atoms with E-state index in [9.17, 15) is 5.11 Å². The summed E-state index contributed by atoms with van der Waals surface area (Å²) in [5, 5.41) is 14.8. The molecule has 24 heavy (non-hydrogen) atoms. The standard InChI is InChI=1S/C17H14Cl2N2O3/c1-23-16-8-14(10(18)6-11(16)19)21-12-3-4-20-13-7-17(24-2)15(22)5-9(12)13/h3-8,22H,1-2H3,(H,20,21). The summed E-state index contributed by atoms with van der Waals surface area (Å²) < 4.78 is 10.3. The van der Waals surface area contributed by atoms with E-state index < -0.39 is 0 Å². The van der Waals surface area contributed by atoms with Gasteiger partial charge in [-0.1, -0.05) is 23.2 Å². The predicted molar refractivity (Wildman–Crippen MR) is 96.3 cm³/mol. The molecule has 2 N–H and O–H groups in total. The number of hydrogen-bond donors (Lipinski definition) is 2. The largest absolute Gasteiger partial charge is 0.504 e. The Balaban J connectivity index is 2.09. The second kappa shape index (κ2) is 6.63. The van der Waals surface area contributed by atoms with Crippen LogP contribution in [0.4, 0.5) is 11.4 Å². The number of aromatic nitrogens is 1. The van der Waals surface area contributed by atoms with E-state index >= 15 is 0 Å². The lowest BCUT2D eigenvalue weighted by Crippen LogP contribution is -1.96. The van der Waals surface area contributed by atoms with Crippen LogP contribution in [0.5, 0.6) is 17.2 Å². The number of anilines is 2. The lowest BCUT2D eigenvalue weighted by atomic mass is 10.1. The molecule has 1 aromatic heterocycles. The van der Waals surface area contributed by atoms with E-state index in [-0.39, 0.29) is 5.75 Å². The van der Waals surface area contributed by atoms with Crippen LogP contribution in [0.2, 0.25) is 10.0 Å². The molecule has 2 aromatic carbocycles. The van der Waals surface area contributed by atoms with Crippen LogP contribution >= 0.6 is 23.2 Å². The molecule has 0 fully saturated rings. The molecule has 124 valence electrons. The maximum Gasteiger partial charge on any atom is 0.162 e. The number of halogens is 2. The molecule has 0 atom stereocenters. The predicted octanol–water partition coefficient (Wildman–Crippen LogP) is 5.01. The molecular formula is C17H14Cl2N2O3. The second-order valence-corrected chi connectivity index (χ2v) is 5.81. The van der Waals surface area contributed by atoms with Gasteiger partial charge in [0.1, 0.15) is 5.75 Å². The monoisotopic (exact) mass is 364 g/mol. The summed E-state index contributed by atoms with van der Waals surface area (Å²) in [6, 6.07) is 8.35. The molecule has 7 heteroatoms. The van der Waals surface area contributed by atoms with Crippen LogP contribution in [0, 0.1) is 0 Å². The summed E-state index contributed by atoms with van der Waals surface area (Å²) in [4.78, 5) is 4.29. The van der Waals surface area contributed by atoms with Crippen molar-refractivity contribution in [1.29, 1.82) is 0 Å². The summed E-state index contributed by atoms with van der Waals surface area (Å²) >= 11 is 12.3. The minimum absolute atomic E-state index is 0.0285. The number of hydrogen-bond acceptors (Lipinski definition) is 5. The summed E-state index contributed by atoms with van der Waals surface area (Å²) in [7, 11) is 3.02. The van der Waals surface area contributed by atoms with Crippen molar-refractivity contribution in [2.75, 3.05) is 19.5 Å². The summed E-state index contributed by atoms with van der Waals surface area (Å²) in [6.45, 7) is 0. The Bertz CT molecular complexity index is 916. The highest BCUT2D eigenvalue weighted by molar-refractivity contribution is 6.37. The zero-order valence-corrected chi connectivity index (χ0v) is 14.4. The molecule has 0 spiro atoms. The number of methoxy groups -OCH3 is 2. The van der Waals surface area contributed by atoms with Gasteiger partial charge in [0.25, 0.3) is 0 Å². The van der Waals surface area contributed by atoms with Crippen LogP contribution in [0.25, 0.3) is 10.9 Å². The Morgan fingerprint density at radius 2 is 1.71 bits per heavy atom. The fourth-order valence-electron chi connectivity index (χ4n) is 2.36. The van der Waals surface area contributed by atoms with Crippen molar-refractivity contribution in [2.24, 2.45) is 0 Å². The third kappa shape index (κ3) is 3.00. The van der Waals surface area contributed by atoms with Gasteiger partial charge in [0.05, 0.1) is 35.5 Å². The van der Waals surface area contributed by atoms with E-state index in [1.165, 1.54) is 14.2 Å². The molecule has 0 amide bonds. The van der Waals surface area contributed by atoms with Crippen LogP contribution in [0.3, 0.4) is 0 Å². The number of benzene rings is 2. The van der Waals surface area contributed by atoms with Crippen molar-refractivity contribution in [3.05, 3.63) is 46.6 Å². The first-order chi connectivity index (χ1) is 11.5. The molecule has 0 bridgehead atoms. The number of pyridine rings is 1. The van der Waals surface area contributed by atoms with Gasteiger partial charge >= 0.3 is 0 Å². The van der Waals surface area contributed by atoms with Gasteiger partial charge in [-0.15, -0.1) is 0 Å². The fraction of sp³-hybridized carbons (Fsp3) is 0.118. The van der Waals surface area contributed by atoms with Gasteiger partial charge < -0.3 is 19.9 Å². The third-order valence-corrected chi connectivity index (χ3v) is 4.16. The first-order valence-corrected chi connectivity index (χ1v) is 7.75. The number of fused-ring (bicyclic) bond motifs is 1. The van der Waals surface area contributed by atoms with E-state index in [4.69, 9.17) is 32.7 Å². The molecule has 0 aliphatic rings. The number of aromatic hydroxyl groups is 1. The molecule has 3 aromatic rings. The fourth-order valence-corrected chi connectivity index (χ4v) is 2.87. The lowest BCUT2D eigenvalue weighted by molar-refractivity contribution is 0.374. The number of phenols is 1. The van der Waals surface area contributed by atoms with Crippen LogP contribution < -0.4 is 14.8 Å². The topological polar surface area (TPSA) is 63.6 Å². The van der Waals surface area contributed by atoms with Crippen molar-refractivity contribution >= 4 is 45.5 Å². The Kier molecular flexibility index (Phi) is 4.55. The van der Waals surface area contributed by atoms with E-state index in [0.717, 1.165) is 11.1 Å². The van der Waals surface area contributed by atoms with Crippen LogP contribution in [-0.2, 0) is 0 Å². The minimum atomic E-state index is 0.0285. The Labute approximate surface area is 148 Å². The highest BCUT2D eigenvalue weighted by atomic mass is 35.5. The Morgan fingerprint density at radius 3 is 2.42 bits per heavy atom. The summed E-state index contributed by atoms with van der Waals surface area (Å²) in [6.07, 6.45) is 1.65. The van der Waals surface area contributed by atoms with Gasteiger partial charge in [0.15, 0.2) is 11.5 Å². The van der Waals surface area contributed by atoms with Crippen molar-refractivity contribution in [2.45, 2.75) is 0 Å². The molecule has 1 heterocycles. The van der Waals surface area contributed by atoms with Gasteiger partial charge in [-0.3, -0.25) is 4.98 Å². The maximum atomic E-state index is 10.0. The number of phenolic OH excluding ortho intramolecular Hbond substituents is 1. The quantitative estimate of drug-likeness (QED) is 0.681. The molecule has 0 aliphatic carbocycles. The average molecular weight is 365 g/mol. The van der Waals surface area contributed by atoms with E-state index in [1.54, 1.807) is 36.5 Å². The van der Waals surface area contributed by atoms with Crippen molar-refractivity contribution in [3.8, 4) is 17.2 Å². The summed E-state index contributed by atoms with van der Waals surface area (Å²) in [5.41, 5.74) is 2.02. The number of rotatable bonds is 4. The van der Waals surface area contributed by atoms with Gasteiger partial charge in [0.2, 0.25) is 0 Å². The van der Waals surface area contributed by atoms with Gasteiger partial charge in [0, 0.05) is 29.4 Å². The van der Waals surface area contributed by atoms with Crippen LogP contribution in [0.15, 0.2) is 36.5 Å². The SMILES string of the molecule is COc1cc2nccc(Nc3cc(OC)c(Cl)cc3Cl)c2cc1O. The highest BCUT2D eigenvalue weighted by Gasteiger charge is 2.12. The van der Waals surface area contributed by atoms with Crippen LogP contribution in [0.1, 0.15) is 0 Å². The molecule has 0 saturated heterocycles. The first-order valence-electron chi connectivity index (χ1n) is 6.99. The second-order valence-electron chi connectivity index (χ2n) is 4.99. The number of nitrogens with zero attached hydrogens (tertiary/aromatic N) is 1. The smallest absolute Gasteiger partial charge is 0.162 e. The van der Waals surface area contributed by atoms with Crippen molar-refractivity contribution in [1.82, 2.24) is 4.98 Å². The maximum absolute atomic E-state index is 10.0. The zero-order valence-electron chi connectivity index (χ0n) is 12.9. The summed E-state index contributed by atoms with van der Waals surface area (Å²) in [5.74, 6) is 0.894. The van der Waals surface area contributed by atoms with Gasteiger partial charge in [-0.25, -0.2) is 0 Å². The molecule has 5 nitrogen and oxygen atoms in total. The highest BCUT2D eigenvalue weighted by Crippen LogP contribution is 2.38. The molecule has 0 aliphatic heterocycles. The Hall–Kier alpha value is -2.37. The van der Waals surface area contributed by atoms with Gasteiger partial charge in [-0.2, -0.15) is 0 Å². The van der Waals surface area contributed by atoms with Gasteiger partial charge in [-0.05, 0) is 18.2 Å². The van der Waals surface area contributed by atoms with E-state index in [0.29, 0.717) is 32.7 Å². The zero-order chi connectivity index (χ0) is 17.3. The average Bonchev–Trinajstić information content (AvgIpc) is 2.57. The molecular weight excluding hydrogens is 351 g/mol. The minimum Gasteiger partial charge on any atom is -0.504 e. The molecule has 0 unspecified atom stereocenters. The van der Waals surface area contributed by atoms with Crippen molar-refractivity contribution < 1.29 is 14.6 Å². The number of ether oxygens (including phenoxy) is 2. The molecule has 0 saturated carbocycles. The normalized spacial score (nSPS) is 10.7. The number of nitrogens with one attached hydrogen (secondary N) is 1. The van der Waals surface area contributed by atoms with Crippen molar-refractivity contribution in [3.63, 3.8) is 0 Å². The first kappa shape index (κ1) is 16.5. The molecule has 0 radical (unpaired) electrons. The lowest BCUT2D eigenvalue weighted by Gasteiger charge is -2.14. The van der Waals surface area contributed by atoms with E-state index in [1.807, 2.05) is 0 Å². The third-order valence-electron chi connectivity index (χ3n) is 3.55.